The lowest BCUT2D eigenvalue weighted by Crippen LogP contribution is -1.97. The Bertz CT molecular complexity index is 519. The monoisotopic (exact) mass is 260 g/mol. The molecule has 0 unspecified atom stereocenters. The third kappa shape index (κ3) is 3.35. The van der Waals surface area contributed by atoms with Crippen molar-refractivity contribution >= 4 is 0 Å². The zero-order valence-electron chi connectivity index (χ0n) is 10.9. The lowest BCUT2D eigenvalue weighted by Gasteiger charge is -2.09. The molecule has 2 N–H and O–H groups in total. The third-order valence-corrected chi connectivity index (χ3v) is 2.58. The Balaban J connectivity index is 2.21. The second-order valence-electron chi connectivity index (χ2n) is 3.86. The molecule has 0 aliphatic rings. The van der Waals surface area contributed by atoms with Gasteiger partial charge in [-0.3, -0.25) is 0 Å². The van der Waals surface area contributed by atoms with Crippen LogP contribution in [-0.4, -0.2) is 19.2 Å². The lowest BCUT2D eigenvalue weighted by atomic mass is 10.3. The summed E-state index contributed by atoms with van der Waals surface area (Å²) in [6.07, 6.45) is 1.69. The van der Waals surface area contributed by atoms with Crippen LogP contribution in [0.2, 0.25) is 0 Å². The fourth-order valence-electron chi connectivity index (χ4n) is 1.55. The summed E-state index contributed by atoms with van der Waals surface area (Å²) in [6.45, 7) is 0.459. The molecule has 0 saturated carbocycles. The van der Waals surface area contributed by atoms with Crippen LogP contribution in [0.1, 0.15) is 5.56 Å². The highest BCUT2D eigenvalue weighted by Gasteiger charge is 2.05. The maximum Gasteiger partial charge on any atom is 0.219 e. The first kappa shape index (κ1) is 13.2. The number of methoxy groups -OCH3 is 2. The van der Waals surface area contributed by atoms with E-state index in [0.29, 0.717) is 29.7 Å². The molecular weight excluding hydrogens is 244 g/mol. The molecule has 0 radical (unpaired) electrons. The predicted molar refractivity (Wildman–Crippen MR) is 71.7 cm³/mol. The standard InChI is InChI=1S/C14H16N2O3/c1-17-11-5-12(18-2)7-13(6-11)19-14-4-3-10(8-15)9-16-14/h3-7,9H,8,15H2,1-2H3. The maximum atomic E-state index is 5.65. The number of benzene rings is 1. The lowest BCUT2D eigenvalue weighted by molar-refractivity contribution is 0.385. The van der Waals surface area contributed by atoms with Crippen molar-refractivity contribution in [1.82, 2.24) is 4.98 Å². The minimum atomic E-state index is 0.459. The molecule has 0 aliphatic heterocycles. The molecule has 100 valence electrons. The number of ether oxygens (including phenoxy) is 3. The molecule has 19 heavy (non-hydrogen) atoms. The molecule has 0 amide bonds. The summed E-state index contributed by atoms with van der Waals surface area (Å²) in [5.41, 5.74) is 6.47. The van der Waals surface area contributed by atoms with Crippen LogP contribution in [-0.2, 0) is 6.54 Å². The molecule has 0 spiro atoms. The Labute approximate surface area is 111 Å². The van der Waals surface area contributed by atoms with Gasteiger partial charge in [-0.2, -0.15) is 0 Å². The minimum absolute atomic E-state index is 0.459. The van der Waals surface area contributed by atoms with Crippen molar-refractivity contribution in [3.63, 3.8) is 0 Å². The first-order valence-electron chi connectivity index (χ1n) is 5.81. The molecule has 1 aromatic carbocycles. The largest absolute Gasteiger partial charge is 0.496 e. The summed E-state index contributed by atoms with van der Waals surface area (Å²) in [7, 11) is 3.18. The van der Waals surface area contributed by atoms with Gasteiger partial charge in [-0.1, -0.05) is 6.07 Å². The second kappa shape index (κ2) is 6.06. The van der Waals surface area contributed by atoms with Crippen molar-refractivity contribution < 1.29 is 14.2 Å². The SMILES string of the molecule is COc1cc(OC)cc(Oc2ccc(CN)cn2)c1. The van der Waals surface area contributed by atoms with Crippen LogP contribution in [0.3, 0.4) is 0 Å². The van der Waals surface area contributed by atoms with Crippen LogP contribution in [0.5, 0.6) is 23.1 Å². The number of hydrogen-bond donors (Lipinski definition) is 1. The maximum absolute atomic E-state index is 5.65. The third-order valence-electron chi connectivity index (χ3n) is 2.58. The Morgan fingerprint density at radius 1 is 1.00 bits per heavy atom. The van der Waals surface area contributed by atoms with Crippen LogP contribution in [0.4, 0.5) is 0 Å². The average molecular weight is 260 g/mol. The van der Waals surface area contributed by atoms with Crippen LogP contribution in [0.25, 0.3) is 0 Å². The number of hydrogen-bond acceptors (Lipinski definition) is 5. The van der Waals surface area contributed by atoms with Gasteiger partial charge in [0.25, 0.3) is 0 Å². The molecule has 0 fully saturated rings. The van der Waals surface area contributed by atoms with Gasteiger partial charge in [-0.25, -0.2) is 4.98 Å². The zero-order valence-corrected chi connectivity index (χ0v) is 10.9. The number of pyridine rings is 1. The molecule has 0 saturated heterocycles. The summed E-state index contributed by atoms with van der Waals surface area (Å²) in [6, 6.07) is 8.95. The molecule has 2 aromatic rings. The van der Waals surface area contributed by atoms with Gasteiger partial charge in [-0.05, 0) is 5.56 Å². The molecule has 2 rings (SSSR count). The van der Waals surface area contributed by atoms with E-state index in [0.717, 1.165) is 5.56 Å². The van der Waals surface area contributed by atoms with Gasteiger partial charge in [0.05, 0.1) is 14.2 Å². The average Bonchev–Trinajstić information content (AvgIpc) is 2.47. The minimum Gasteiger partial charge on any atom is -0.496 e. The highest BCUT2D eigenvalue weighted by atomic mass is 16.5. The number of aromatic nitrogens is 1. The number of rotatable bonds is 5. The van der Waals surface area contributed by atoms with E-state index in [2.05, 4.69) is 4.98 Å². The highest BCUT2D eigenvalue weighted by molar-refractivity contribution is 5.43. The van der Waals surface area contributed by atoms with Crippen LogP contribution in [0.15, 0.2) is 36.5 Å². The predicted octanol–water partition coefficient (Wildman–Crippen LogP) is 2.35. The van der Waals surface area contributed by atoms with E-state index < -0.39 is 0 Å². The Morgan fingerprint density at radius 2 is 1.63 bits per heavy atom. The fourth-order valence-corrected chi connectivity index (χ4v) is 1.55. The van der Waals surface area contributed by atoms with Gasteiger partial charge in [0.15, 0.2) is 0 Å². The van der Waals surface area contributed by atoms with Crippen molar-refractivity contribution in [2.45, 2.75) is 6.54 Å². The second-order valence-corrected chi connectivity index (χ2v) is 3.86. The van der Waals surface area contributed by atoms with Gasteiger partial charge >= 0.3 is 0 Å². The van der Waals surface area contributed by atoms with E-state index in [1.165, 1.54) is 0 Å². The zero-order chi connectivity index (χ0) is 13.7. The van der Waals surface area contributed by atoms with Crippen molar-refractivity contribution in [3.05, 3.63) is 42.1 Å². The summed E-state index contributed by atoms with van der Waals surface area (Å²) < 4.78 is 16.0. The first-order chi connectivity index (χ1) is 9.25. The summed E-state index contributed by atoms with van der Waals surface area (Å²) in [4.78, 5) is 4.17. The van der Waals surface area contributed by atoms with E-state index in [1.807, 2.05) is 6.07 Å². The summed E-state index contributed by atoms with van der Waals surface area (Å²) >= 11 is 0. The summed E-state index contributed by atoms with van der Waals surface area (Å²) in [5, 5.41) is 0. The molecule has 0 atom stereocenters. The van der Waals surface area contributed by atoms with E-state index in [1.54, 1.807) is 44.7 Å². The van der Waals surface area contributed by atoms with Gasteiger partial charge in [0.2, 0.25) is 5.88 Å². The first-order valence-corrected chi connectivity index (χ1v) is 5.81. The van der Waals surface area contributed by atoms with E-state index in [9.17, 15) is 0 Å². The van der Waals surface area contributed by atoms with Gasteiger partial charge in [0, 0.05) is 37.0 Å². The molecular formula is C14H16N2O3. The molecule has 0 bridgehead atoms. The number of nitrogens with two attached hydrogens (primary N) is 1. The Kier molecular flexibility index (Phi) is 4.20. The molecule has 1 aromatic heterocycles. The van der Waals surface area contributed by atoms with E-state index in [-0.39, 0.29) is 0 Å². The summed E-state index contributed by atoms with van der Waals surface area (Å²) in [5.74, 6) is 2.41. The van der Waals surface area contributed by atoms with Crippen LogP contribution in [0, 0.1) is 0 Å². The van der Waals surface area contributed by atoms with Crippen molar-refractivity contribution in [2.24, 2.45) is 5.73 Å². The van der Waals surface area contributed by atoms with Gasteiger partial charge in [0.1, 0.15) is 17.2 Å². The Hall–Kier alpha value is -2.27. The van der Waals surface area contributed by atoms with Crippen LogP contribution >= 0.6 is 0 Å². The van der Waals surface area contributed by atoms with Crippen LogP contribution < -0.4 is 19.9 Å². The van der Waals surface area contributed by atoms with Gasteiger partial charge < -0.3 is 19.9 Å². The normalized spacial score (nSPS) is 10.1. The van der Waals surface area contributed by atoms with Crippen molar-refractivity contribution in [3.8, 4) is 23.1 Å². The highest BCUT2D eigenvalue weighted by Crippen LogP contribution is 2.30. The quantitative estimate of drug-likeness (QED) is 0.893. The van der Waals surface area contributed by atoms with E-state index >= 15 is 0 Å². The smallest absolute Gasteiger partial charge is 0.219 e. The fraction of sp³-hybridized carbons (Fsp3) is 0.214. The van der Waals surface area contributed by atoms with E-state index in [4.69, 9.17) is 19.9 Å². The Morgan fingerprint density at radius 3 is 2.11 bits per heavy atom. The van der Waals surface area contributed by atoms with Crippen molar-refractivity contribution in [1.29, 1.82) is 0 Å². The molecule has 5 nitrogen and oxygen atoms in total. The molecule has 1 heterocycles. The van der Waals surface area contributed by atoms with Gasteiger partial charge in [-0.15, -0.1) is 0 Å². The topological polar surface area (TPSA) is 66.6 Å². The van der Waals surface area contributed by atoms with Crippen molar-refractivity contribution in [2.75, 3.05) is 14.2 Å². The molecule has 0 aliphatic carbocycles. The molecule has 5 heteroatoms. The number of nitrogens with zero attached hydrogens (tertiary/aromatic N) is 1.